The van der Waals surface area contributed by atoms with Crippen molar-refractivity contribution in [3.05, 3.63) is 71.7 Å². The molecule has 0 saturated carbocycles. The zero-order valence-electron chi connectivity index (χ0n) is 10.7. The summed E-state index contributed by atoms with van der Waals surface area (Å²) in [4.78, 5) is 3.26. The van der Waals surface area contributed by atoms with Gasteiger partial charge in [-0.2, -0.15) is 0 Å². The Morgan fingerprint density at radius 1 is 1.00 bits per heavy atom. The summed E-state index contributed by atoms with van der Waals surface area (Å²) in [6.07, 6.45) is 3.97. The maximum absolute atomic E-state index is 13.8. The number of hydrogen-bond donors (Lipinski definition) is 1. The molecule has 4 rings (SSSR count). The predicted octanol–water partition coefficient (Wildman–Crippen LogP) is 4.13. The minimum Gasteiger partial charge on any atom is -0.486 e. The Kier molecular flexibility index (Phi) is 2.39. The predicted molar refractivity (Wildman–Crippen MR) is 77.3 cm³/mol. The Balaban J connectivity index is 1.96. The number of benzene rings is 2. The van der Waals surface area contributed by atoms with E-state index >= 15 is 0 Å². The van der Waals surface area contributed by atoms with Crippen LogP contribution in [0.4, 0.5) is 4.39 Å². The first-order valence-electron chi connectivity index (χ1n) is 6.53. The number of fused-ring (bicyclic) bond motifs is 2. The van der Waals surface area contributed by atoms with Crippen LogP contribution in [0.1, 0.15) is 11.1 Å². The van der Waals surface area contributed by atoms with E-state index in [1.807, 2.05) is 36.5 Å². The molecule has 0 radical (unpaired) electrons. The Hall–Kier alpha value is -2.55. The van der Waals surface area contributed by atoms with E-state index in [0.717, 1.165) is 27.6 Å². The summed E-state index contributed by atoms with van der Waals surface area (Å²) in [5, 5.41) is 1.14. The molecular formula is C17H12FNO. The first-order valence-corrected chi connectivity index (χ1v) is 6.53. The molecule has 0 bridgehead atoms. The van der Waals surface area contributed by atoms with Gasteiger partial charge < -0.3 is 9.72 Å². The van der Waals surface area contributed by atoms with E-state index in [1.54, 1.807) is 6.07 Å². The lowest BCUT2D eigenvalue weighted by atomic mass is 9.95. The molecule has 2 nitrogen and oxygen atoms in total. The van der Waals surface area contributed by atoms with Crippen molar-refractivity contribution in [2.45, 2.75) is 0 Å². The normalized spacial score (nSPS) is 13.8. The molecule has 3 heteroatoms. The molecule has 0 aliphatic carbocycles. The van der Waals surface area contributed by atoms with E-state index in [2.05, 4.69) is 11.1 Å². The van der Waals surface area contributed by atoms with Crippen LogP contribution in [0.2, 0.25) is 0 Å². The van der Waals surface area contributed by atoms with Crippen LogP contribution < -0.4 is 4.74 Å². The number of para-hydroxylation sites is 2. The highest BCUT2D eigenvalue weighted by molar-refractivity contribution is 5.98. The second-order valence-corrected chi connectivity index (χ2v) is 4.79. The van der Waals surface area contributed by atoms with E-state index in [-0.39, 0.29) is 5.82 Å². The van der Waals surface area contributed by atoms with E-state index in [4.69, 9.17) is 4.74 Å². The molecule has 0 saturated heterocycles. The van der Waals surface area contributed by atoms with Gasteiger partial charge >= 0.3 is 0 Å². The maximum Gasteiger partial charge on any atom is 0.165 e. The minimum absolute atomic E-state index is 0.312. The molecule has 0 fully saturated rings. The molecule has 1 aliphatic rings. The number of aromatic amines is 1. The Morgan fingerprint density at radius 2 is 1.90 bits per heavy atom. The van der Waals surface area contributed by atoms with Crippen LogP contribution in [0, 0.1) is 5.82 Å². The van der Waals surface area contributed by atoms with Gasteiger partial charge in [0.25, 0.3) is 0 Å². The van der Waals surface area contributed by atoms with Crippen LogP contribution in [0.3, 0.4) is 0 Å². The summed E-state index contributed by atoms with van der Waals surface area (Å²) < 4.78 is 19.3. The molecule has 0 unspecified atom stereocenters. The van der Waals surface area contributed by atoms with Crippen LogP contribution in [0.5, 0.6) is 5.75 Å². The van der Waals surface area contributed by atoms with E-state index in [1.165, 1.54) is 6.07 Å². The molecule has 1 aromatic heterocycles. The molecular weight excluding hydrogens is 253 g/mol. The molecule has 98 valence electrons. The van der Waals surface area contributed by atoms with Crippen LogP contribution in [-0.2, 0) is 0 Å². The summed E-state index contributed by atoms with van der Waals surface area (Å²) in [6, 6.07) is 13.1. The van der Waals surface area contributed by atoms with Gasteiger partial charge in [0.1, 0.15) is 6.61 Å². The quantitative estimate of drug-likeness (QED) is 0.703. The molecule has 0 spiro atoms. The molecule has 2 heterocycles. The summed E-state index contributed by atoms with van der Waals surface area (Å²) in [5.74, 6) is 0.0308. The van der Waals surface area contributed by atoms with E-state index in [9.17, 15) is 4.39 Å². The molecule has 1 aliphatic heterocycles. The highest BCUT2D eigenvalue weighted by atomic mass is 19.1. The fraction of sp³-hybridized carbons (Fsp3) is 0.0588. The number of ether oxygens (including phenoxy) is 1. The molecule has 0 atom stereocenters. The van der Waals surface area contributed by atoms with Gasteiger partial charge in [-0.15, -0.1) is 0 Å². The molecule has 3 aromatic rings. The fourth-order valence-electron chi connectivity index (χ4n) is 2.74. The zero-order valence-corrected chi connectivity index (χ0v) is 10.7. The highest BCUT2D eigenvalue weighted by Gasteiger charge is 2.20. The van der Waals surface area contributed by atoms with Crippen molar-refractivity contribution in [1.29, 1.82) is 0 Å². The van der Waals surface area contributed by atoms with Gasteiger partial charge in [-0.3, -0.25) is 0 Å². The average molecular weight is 265 g/mol. The number of nitrogens with one attached hydrogen (secondary N) is 1. The third kappa shape index (κ3) is 1.56. The fourth-order valence-corrected chi connectivity index (χ4v) is 2.74. The van der Waals surface area contributed by atoms with Gasteiger partial charge in [0.2, 0.25) is 0 Å². The summed E-state index contributed by atoms with van der Waals surface area (Å²) >= 11 is 0. The number of H-pyrrole nitrogens is 1. The van der Waals surface area contributed by atoms with Gasteiger partial charge in [-0.25, -0.2) is 4.39 Å². The second-order valence-electron chi connectivity index (χ2n) is 4.79. The summed E-state index contributed by atoms with van der Waals surface area (Å²) in [7, 11) is 0. The van der Waals surface area contributed by atoms with Gasteiger partial charge in [0.05, 0.1) is 0 Å². The topological polar surface area (TPSA) is 25.0 Å². The number of rotatable bonds is 1. The van der Waals surface area contributed by atoms with Crippen molar-refractivity contribution in [1.82, 2.24) is 4.98 Å². The van der Waals surface area contributed by atoms with Crippen LogP contribution >= 0.6 is 0 Å². The third-order valence-corrected chi connectivity index (χ3v) is 3.65. The second kappa shape index (κ2) is 4.23. The van der Waals surface area contributed by atoms with Gasteiger partial charge in [0, 0.05) is 28.2 Å². The van der Waals surface area contributed by atoms with Crippen molar-refractivity contribution >= 4 is 16.5 Å². The van der Waals surface area contributed by atoms with Crippen molar-refractivity contribution in [2.24, 2.45) is 0 Å². The van der Waals surface area contributed by atoms with Crippen molar-refractivity contribution in [3.63, 3.8) is 0 Å². The monoisotopic (exact) mass is 265 g/mol. The van der Waals surface area contributed by atoms with Crippen LogP contribution in [-0.4, -0.2) is 11.6 Å². The Morgan fingerprint density at radius 3 is 2.85 bits per heavy atom. The minimum atomic E-state index is -0.312. The van der Waals surface area contributed by atoms with Gasteiger partial charge in [0.15, 0.2) is 11.6 Å². The number of halogens is 1. The van der Waals surface area contributed by atoms with Crippen LogP contribution in [0.25, 0.3) is 16.5 Å². The molecule has 1 N–H and O–H groups in total. The van der Waals surface area contributed by atoms with E-state index in [0.29, 0.717) is 12.4 Å². The van der Waals surface area contributed by atoms with Gasteiger partial charge in [-0.1, -0.05) is 30.3 Å². The maximum atomic E-state index is 13.8. The third-order valence-electron chi connectivity index (χ3n) is 3.65. The molecule has 20 heavy (non-hydrogen) atoms. The van der Waals surface area contributed by atoms with E-state index < -0.39 is 0 Å². The standard InChI is InChI=1S/C17H12FNO/c18-15-6-3-5-13-11(8-9-20-17(13)15)14-10-19-16-7-2-1-4-12(14)16/h1-8,10,19H,9H2. The lowest BCUT2D eigenvalue weighted by Gasteiger charge is -2.18. The van der Waals surface area contributed by atoms with Gasteiger partial charge in [-0.05, 0) is 23.8 Å². The first-order chi connectivity index (χ1) is 9.84. The highest BCUT2D eigenvalue weighted by Crippen LogP contribution is 2.38. The van der Waals surface area contributed by atoms with Crippen molar-refractivity contribution < 1.29 is 9.13 Å². The SMILES string of the molecule is Fc1cccc2c1OCC=C2c1c[nH]c2ccccc12. The first kappa shape index (κ1) is 11.3. The zero-order chi connectivity index (χ0) is 13.5. The largest absolute Gasteiger partial charge is 0.486 e. The van der Waals surface area contributed by atoms with Crippen molar-refractivity contribution in [3.8, 4) is 5.75 Å². The lowest BCUT2D eigenvalue weighted by molar-refractivity contribution is 0.336. The summed E-state index contributed by atoms with van der Waals surface area (Å²) in [5.41, 5.74) is 3.98. The molecule has 2 aromatic carbocycles. The smallest absolute Gasteiger partial charge is 0.165 e. The molecule has 0 amide bonds. The Labute approximate surface area is 115 Å². The Bertz CT molecular complexity index is 832. The lowest BCUT2D eigenvalue weighted by Crippen LogP contribution is -2.07. The van der Waals surface area contributed by atoms with Crippen LogP contribution in [0.15, 0.2) is 54.7 Å². The average Bonchev–Trinajstić information content (AvgIpc) is 2.91. The summed E-state index contributed by atoms with van der Waals surface area (Å²) in [6.45, 7) is 0.392. The van der Waals surface area contributed by atoms with Crippen molar-refractivity contribution in [2.75, 3.05) is 6.61 Å². The number of hydrogen-bond acceptors (Lipinski definition) is 1. The number of aromatic nitrogens is 1.